The van der Waals surface area contributed by atoms with Crippen molar-refractivity contribution in [3.63, 3.8) is 0 Å². The van der Waals surface area contributed by atoms with E-state index in [4.69, 9.17) is 9.79 Å². The van der Waals surface area contributed by atoms with Crippen LogP contribution in [0.1, 0.15) is 12.8 Å². The molecule has 0 bridgehead atoms. The van der Waals surface area contributed by atoms with Crippen LogP contribution in [0.15, 0.2) is 0 Å². The lowest BCUT2D eigenvalue weighted by atomic mass is 9.84. The summed E-state index contributed by atoms with van der Waals surface area (Å²) in [6, 6.07) is 0. The van der Waals surface area contributed by atoms with E-state index >= 15 is 0 Å². The van der Waals surface area contributed by atoms with Gasteiger partial charge < -0.3 is 24.9 Å². The monoisotopic (exact) mass is 333 g/mol. The fourth-order valence-corrected chi connectivity index (χ4v) is 5.16. The first kappa shape index (κ1) is 17.7. The van der Waals surface area contributed by atoms with Gasteiger partial charge in [0.1, 0.15) is 0 Å². The van der Waals surface area contributed by atoms with E-state index in [1.165, 1.54) is 0 Å². The van der Waals surface area contributed by atoms with Crippen molar-refractivity contribution >= 4 is 27.8 Å². The molecule has 0 amide bonds. The molecule has 114 valence electrons. The van der Waals surface area contributed by atoms with Crippen molar-refractivity contribution in [3.8, 4) is 0 Å². The molecular weight excluding hydrogens is 312 g/mol. The highest BCUT2D eigenvalue weighted by molar-refractivity contribution is 7.80. The van der Waals surface area contributed by atoms with Gasteiger partial charge in [-0.05, 0) is 43.5 Å². The molecule has 0 aromatic carbocycles. The van der Waals surface area contributed by atoms with Crippen molar-refractivity contribution in [1.82, 2.24) is 5.32 Å². The average Bonchev–Trinajstić information content (AvgIpc) is 2.26. The summed E-state index contributed by atoms with van der Waals surface area (Å²) in [7, 11) is -8.63. The molecule has 1 rings (SSSR count). The van der Waals surface area contributed by atoms with Crippen LogP contribution in [0, 0.1) is 11.8 Å². The van der Waals surface area contributed by atoms with Crippen LogP contribution in [-0.4, -0.2) is 50.2 Å². The van der Waals surface area contributed by atoms with E-state index < -0.39 is 27.0 Å². The first-order chi connectivity index (χ1) is 8.65. The minimum absolute atomic E-state index is 0.00600. The van der Waals surface area contributed by atoms with Gasteiger partial charge in [0.2, 0.25) is 0 Å². The molecule has 3 atom stereocenters. The quantitative estimate of drug-likeness (QED) is 0.304. The third-order valence-electron chi connectivity index (χ3n) is 3.54. The van der Waals surface area contributed by atoms with Gasteiger partial charge in [0.25, 0.3) is 0 Å². The normalized spacial score (nSPS) is 27.2. The summed E-state index contributed by atoms with van der Waals surface area (Å²) < 4.78 is 22.5. The Kier molecular flexibility index (Phi) is 6.55. The number of nitrogens with one attached hydrogen (secondary N) is 1. The average molecular weight is 333 g/mol. The Labute approximate surface area is 117 Å². The van der Waals surface area contributed by atoms with Crippen LogP contribution in [0.4, 0.5) is 0 Å². The summed E-state index contributed by atoms with van der Waals surface area (Å²) in [5.41, 5.74) is -1.00. The molecule has 19 heavy (non-hydrogen) atoms. The van der Waals surface area contributed by atoms with Gasteiger partial charge in [-0.25, -0.2) is 0 Å². The molecule has 7 nitrogen and oxygen atoms in total. The van der Waals surface area contributed by atoms with Gasteiger partial charge in [0.15, 0.2) is 0 Å². The van der Waals surface area contributed by atoms with Crippen LogP contribution in [0.3, 0.4) is 0 Å². The Balaban J connectivity index is 2.83. The van der Waals surface area contributed by atoms with Gasteiger partial charge in [0.05, 0.1) is 11.8 Å². The lowest BCUT2D eigenvalue weighted by molar-refractivity contribution is 0.236. The standard InChI is InChI=1S/C9H21NO6P2S/c11-17(12,13)4-2-9(18(14,15)16)8-1-3-10-5-7(8)6-19/h7-10,19H,1-6H2,(H2,11,12,13)(H2,14,15,16). The van der Waals surface area contributed by atoms with Crippen LogP contribution in [0.2, 0.25) is 0 Å². The molecule has 1 heterocycles. The third kappa shape index (κ3) is 5.86. The maximum absolute atomic E-state index is 11.6. The zero-order chi connectivity index (χ0) is 14.7. The van der Waals surface area contributed by atoms with Crippen LogP contribution < -0.4 is 5.32 Å². The molecular formula is C9H21NO6P2S. The second kappa shape index (κ2) is 7.05. The fraction of sp³-hybridized carbons (Fsp3) is 1.00. The first-order valence-corrected chi connectivity index (χ1v) is 10.2. The maximum Gasteiger partial charge on any atom is 0.328 e. The topological polar surface area (TPSA) is 127 Å². The van der Waals surface area contributed by atoms with E-state index in [1.54, 1.807) is 0 Å². The van der Waals surface area contributed by atoms with E-state index in [2.05, 4.69) is 17.9 Å². The van der Waals surface area contributed by atoms with Crippen molar-refractivity contribution in [2.24, 2.45) is 11.8 Å². The second-order valence-electron chi connectivity index (χ2n) is 4.93. The molecule has 5 N–H and O–H groups in total. The molecule has 1 fully saturated rings. The zero-order valence-corrected chi connectivity index (χ0v) is 13.1. The van der Waals surface area contributed by atoms with Crippen molar-refractivity contribution < 1.29 is 28.7 Å². The van der Waals surface area contributed by atoms with E-state index in [0.717, 1.165) is 0 Å². The molecule has 1 aliphatic rings. The van der Waals surface area contributed by atoms with Crippen LogP contribution in [0.25, 0.3) is 0 Å². The highest BCUT2D eigenvalue weighted by Gasteiger charge is 2.41. The Morgan fingerprint density at radius 1 is 1.26 bits per heavy atom. The minimum atomic E-state index is -4.39. The van der Waals surface area contributed by atoms with E-state index in [1.807, 2.05) is 0 Å². The lowest BCUT2D eigenvalue weighted by Gasteiger charge is -2.37. The minimum Gasteiger partial charge on any atom is -0.324 e. The molecule has 0 saturated carbocycles. The predicted molar refractivity (Wildman–Crippen MR) is 75.7 cm³/mol. The van der Waals surface area contributed by atoms with Crippen molar-refractivity contribution in [2.75, 3.05) is 25.0 Å². The lowest BCUT2D eigenvalue weighted by Crippen LogP contribution is -2.43. The molecule has 10 heteroatoms. The summed E-state index contributed by atoms with van der Waals surface area (Å²) in [5.74, 6) is 0.238. The van der Waals surface area contributed by atoms with E-state index in [-0.39, 0.29) is 18.3 Å². The van der Waals surface area contributed by atoms with Gasteiger partial charge >= 0.3 is 15.2 Å². The Hall–Kier alpha value is 0.610. The van der Waals surface area contributed by atoms with Gasteiger partial charge in [-0.2, -0.15) is 12.6 Å². The Morgan fingerprint density at radius 2 is 1.89 bits per heavy atom. The first-order valence-electron chi connectivity index (χ1n) is 6.06. The zero-order valence-electron chi connectivity index (χ0n) is 10.4. The Bertz CT molecular complexity index is 383. The van der Waals surface area contributed by atoms with Crippen LogP contribution in [-0.2, 0) is 9.13 Å². The second-order valence-corrected chi connectivity index (χ2v) is 8.92. The van der Waals surface area contributed by atoms with Gasteiger partial charge in [-0.15, -0.1) is 0 Å². The molecule has 0 radical (unpaired) electrons. The number of rotatable bonds is 6. The summed E-state index contributed by atoms with van der Waals surface area (Å²) in [5, 5.41) is 3.14. The highest BCUT2D eigenvalue weighted by Crippen LogP contribution is 2.52. The largest absolute Gasteiger partial charge is 0.328 e. The van der Waals surface area contributed by atoms with Crippen molar-refractivity contribution in [2.45, 2.75) is 18.5 Å². The summed E-state index contributed by atoms with van der Waals surface area (Å²) in [6.07, 6.45) is -0.0718. The van der Waals surface area contributed by atoms with Gasteiger partial charge in [-0.1, -0.05) is 0 Å². The molecule has 0 aromatic heterocycles. The van der Waals surface area contributed by atoms with Gasteiger partial charge in [-0.3, -0.25) is 9.13 Å². The Morgan fingerprint density at radius 3 is 2.37 bits per heavy atom. The highest BCUT2D eigenvalue weighted by atomic mass is 32.1. The molecule has 3 unspecified atom stereocenters. The molecule has 1 saturated heterocycles. The summed E-state index contributed by atoms with van der Waals surface area (Å²) >= 11 is 4.19. The molecule has 0 aromatic rings. The fourth-order valence-electron chi connectivity index (χ4n) is 2.58. The maximum atomic E-state index is 11.6. The number of piperidine rings is 1. The SMILES string of the molecule is O=P(O)(O)CCC(C1CCNCC1CS)P(=O)(O)O. The summed E-state index contributed by atoms with van der Waals surface area (Å²) in [4.78, 5) is 36.7. The van der Waals surface area contributed by atoms with Crippen LogP contribution >= 0.6 is 27.8 Å². The van der Waals surface area contributed by atoms with E-state index in [9.17, 15) is 18.9 Å². The number of thiol groups is 1. The smallest absolute Gasteiger partial charge is 0.324 e. The molecule has 0 aliphatic carbocycles. The van der Waals surface area contributed by atoms with Crippen molar-refractivity contribution in [1.29, 1.82) is 0 Å². The predicted octanol–water partition coefficient (Wildman–Crippen LogP) is 0.256. The van der Waals surface area contributed by atoms with Crippen molar-refractivity contribution in [3.05, 3.63) is 0 Å². The molecule has 0 spiro atoms. The molecule has 1 aliphatic heterocycles. The summed E-state index contributed by atoms with van der Waals surface area (Å²) in [6.45, 7) is 1.28. The van der Waals surface area contributed by atoms with Crippen LogP contribution in [0.5, 0.6) is 0 Å². The number of hydrogen-bond donors (Lipinski definition) is 6. The van der Waals surface area contributed by atoms with Gasteiger partial charge in [0, 0.05) is 0 Å². The number of hydrogen-bond acceptors (Lipinski definition) is 4. The van der Waals surface area contributed by atoms with E-state index in [0.29, 0.717) is 25.3 Å². The third-order valence-corrected chi connectivity index (χ3v) is 6.36.